The molecule has 34 heavy (non-hydrogen) atoms. The van der Waals surface area contributed by atoms with Crippen molar-refractivity contribution in [3.63, 3.8) is 0 Å². The maximum atomic E-state index is 12.6. The quantitative estimate of drug-likeness (QED) is 0.321. The van der Waals surface area contributed by atoms with E-state index < -0.39 is 0 Å². The highest BCUT2D eigenvalue weighted by atomic mass is 16.2. The summed E-state index contributed by atoms with van der Waals surface area (Å²) in [5.41, 5.74) is 4.06. The number of amides is 2. The fourth-order valence-electron chi connectivity index (χ4n) is 4.62. The molecule has 1 atom stereocenters. The third-order valence-electron chi connectivity index (χ3n) is 6.80. The van der Waals surface area contributed by atoms with Crippen molar-refractivity contribution in [3.8, 4) is 11.4 Å². The molecule has 0 aliphatic heterocycles. The maximum absolute atomic E-state index is 12.6. The number of hydrogen-bond acceptors (Lipinski definition) is 3. The highest BCUT2D eigenvalue weighted by molar-refractivity contribution is 5.95. The highest BCUT2D eigenvalue weighted by Crippen LogP contribution is 2.24. The summed E-state index contributed by atoms with van der Waals surface area (Å²) in [4.78, 5) is 33.1. The smallest absolute Gasteiger partial charge is 0.251 e. The first-order valence-electron chi connectivity index (χ1n) is 12.8. The van der Waals surface area contributed by atoms with Crippen molar-refractivity contribution in [2.75, 3.05) is 5.32 Å². The Morgan fingerprint density at radius 2 is 1.82 bits per heavy atom. The summed E-state index contributed by atoms with van der Waals surface area (Å²) in [6.07, 6.45) is 10.1. The second-order valence-electron chi connectivity index (χ2n) is 9.59. The van der Waals surface area contributed by atoms with Gasteiger partial charge >= 0.3 is 0 Å². The van der Waals surface area contributed by atoms with Crippen LogP contribution >= 0.6 is 0 Å². The molecule has 4 rings (SSSR count). The predicted molar refractivity (Wildman–Crippen MR) is 138 cm³/mol. The highest BCUT2D eigenvalue weighted by Gasteiger charge is 2.17. The number of anilines is 1. The van der Waals surface area contributed by atoms with E-state index in [9.17, 15) is 9.59 Å². The van der Waals surface area contributed by atoms with Crippen LogP contribution in [0.4, 0.5) is 5.69 Å². The third kappa shape index (κ3) is 6.04. The van der Waals surface area contributed by atoms with Crippen molar-refractivity contribution < 1.29 is 9.59 Å². The Balaban J connectivity index is 1.40. The molecule has 1 aliphatic rings. The Hall–Kier alpha value is -3.15. The first-order valence-corrected chi connectivity index (χ1v) is 12.8. The Bertz CT molecular complexity index is 1110. The van der Waals surface area contributed by atoms with Gasteiger partial charge in [-0.2, -0.15) is 0 Å². The van der Waals surface area contributed by atoms with Gasteiger partial charge < -0.3 is 15.6 Å². The van der Waals surface area contributed by atoms with Gasteiger partial charge in [0, 0.05) is 28.8 Å². The molecule has 6 heteroatoms. The van der Waals surface area contributed by atoms with E-state index in [1.807, 2.05) is 49.4 Å². The molecular weight excluding hydrogens is 424 g/mol. The van der Waals surface area contributed by atoms with E-state index in [4.69, 9.17) is 0 Å². The fourth-order valence-corrected chi connectivity index (χ4v) is 4.62. The number of hydrogen-bond donors (Lipinski definition) is 3. The molecule has 1 aromatic heterocycles. The van der Waals surface area contributed by atoms with Gasteiger partial charge in [-0.05, 0) is 49.6 Å². The van der Waals surface area contributed by atoms with Gasteiger partial charge in [-0.1, -0.05) is 64.5 Å². The zero-order valence-electron chi connectivity index (χ0n) is 20.3. The number of carbonyl (C=O) groups is 2. The molecule has 3 N–H and O–H groups in total. The lowest BCUT2D eigenvalue weighted by molar-refractivity contribution is -0.119. The average Bonchev–Trinajstić information content (AvgIpc) is 3.28. The molecule has 0 spiro atoms. The SMILES string of the molecule is CCCCCC(C)C(=O)Nc1ccc2nc(-c3ccc(C(=O)NC4CCCCC4)cc3)[nH]c2c1. The number of carbonyl (C=O) groups excluding carboxylic acids is 2. The number of nitrogens with one attached hydrogen (secondary N) is 3. The van der Waals surface area contributed by atoms with Crippen molar-refractivity contribution in [3.05, 3.63) is 48.0 Å². The van der Waals surface area contributed by atoms with E-state index in [1.165, 1.54) is 19.3 Å². The van der Waals surface area contributed by atoms with Gasteiger partial charge in [0.05, 0.1) is 11.0 Å². The van der Waals surface area contributed by atoms with Gasteiger partial charge in [0.1, 0.15) is 5.82 Å². The van der Waals surface area contributed by atoms with Crippen LogP contribution in [0, 0.1) is 5.92 Å². The summed E-state index contributed by atoms with van der Waals surface area (Å²) in [5, 5.41) is 6.19. The molecule has 0 radical (unpaired) electrons. The number of fused-ring (bicyclic) bond motifs is 1. The average molecular weight is 461 g/mol. The number of aromatic nitrogens is 2. The number of H-pyrrole nitrogens is 1. The van der Waals surface area contributed by atoms with E-state index in [2.05, 4.69) is 27.5 Å². The maximum Gasteiger partial charge on any atom is 0.251 e. The van der Waals surface area contributed by atoms with Crippen LogP contribution in [0.2, 0.25) is 0 Å². The van der Waals surface area contributed by atoms with Gasteiger partial charge in [-0.3, -0.25) is 9.59 Å². The van der Waals surface area contributed by atoms with E-state index in [0.717, 1.165) is 66.6 Å². The fraction of sp³-hybridized carbons (Fsp3) is 0.464. The molecule has 6 nitrogen and oxygen atoms in total. The number of benzene rings is 2. The second-order valence-corrected chi connectivity index (χ2v) is 9.59. The Labute approximate surface area is 201 Å². The minimum Gasteiger partial charge on any atom is -0.349 e. The molecular formula is C28H36N4O2. The van der Waals surface area contributed by atoms with Crippen molar-refractivity contribution in [1.29, 1.82) is 0 Å². The van der Waals surface area contributed by atoms with Gasteiger partial charge in [0.15, 0.2) is 0 Å². The topological polar surface area (TPSA) is 86.9 Å². The number of unbranched alkanes of at least 4 members (excludes halogenated alkanes) is 2. The summed E-state index contributed by atoms with van der Waals surface area (Å²) in [6, 6.07) is 13.6. The van der Waals surface area contributed by atoms with Crippen LogP contribution in [-0.4, -0.2) is 27.8 Å². The monoisotopic (exact) mass is 460 g/mol. The summed E-state index contributed by atoms with van der Waals surface area (Å²) in [6.45, 7) is 4.15. The zero-order chi connectivity index (χ0) is 23.9. The molecule has 1 aliphatic carbocycles. The minimum atomic E-state index is -0.00707. The van der Waals surface area contributed by atoms with Gasteiger partial charge in [-0.25, -0.2) is 4.98 Å². The van der Waals surface area contributed by atoms with Crippen LogP contribution < -0.4 is 10.6 Å². The number of nitrogens with zero attached hydrogens (tertiary/aromatic N) is 1. The zero-order valence-corrected chi connectivity index (χ0v) is 20.3. The minimum absolute atomic E-state index is 0.00611. The van der Waals surface area contributed by atoms with Crippen LogP contribution in [0.3, 0.4) is 0 Å². The Morgan fingerprint density at radius 3 is 2.56 bits per heavy atom. The van der Waals surface area contributed by atoms with E-state index in [-0.39, 0.29) is 17.7 Å². The van der Waals surface area contributed by atoms with Crippen LogP contribution in [0.25, 0.3) is 22.4 Å². The summed E-state index contributed by atoms with van der Waals surface area (Å²) >= 11 is 0. The Kier molecular flexibility index (Phi) is 7.99. The lowest BCUT2D eigenvalue weighted by atomic mass is 9.95. The van der Waals surface area contributed by atoms with Crippen LogP contribution in [0.5, 0.6) is 0 Å². The molecule has 0 bridgehead atoms. The molecule has 1 saturated carbocycles. The second kappa shape index (κ2) is 11.3. The van der Waals surface area contributed by atoms with Gasteiger partial charge in [-0.15, -0.1) is 0 Å². The number of imidazole rings is 1. The molecule has 1 fully saturated rings. The van der Waals surface area contributed by atoms with E-state index >= 15 is 0 Å². The summed E-state index contributed by atoms with van der Waals surface area (Å²) < 4.78 is 0. The molecule has 1 heterocycles. The first-order chi connectivity index (χ1) is 16.5. The first kappa shape index (κ1) is 24.0. The summed E-state index contributed by atoms with van der Waals surface area (Å²) in [7, 11) is 0. The summed E-state index contributed by atoms with van der Waals surface area (Å²) in [5.74, 6) is 0.781. The van der Waals surface area contributed by atoms with Crippen LogP contribution in [0.1, 0.15) is 82.0 Å². The largest absolute Gasteiger partial charge is 0.349 e. The Morgan fingerprint density at radius 1 is 1.06 bits per heavy atom. The van der Waals surface area contributed by atoms with Gasteiger partial charge in [0.2, 0.25) is 5.91 Å². The number of rotatable bonds is 9. The third-order valence-corrected chi connectivity index (χ3v) is 6.80. The molecule has 2 amide bonds. The lowest BCUT2D eigenvalue weighted by Gasteiger charge is -2.22. The van der Waals surface area contributed by atoms with Crippen molar-refractivity contribution in [1.82, 2.24) is 15.3 Å². The predicted octanol–water partition coefficient (Wildman–Crippen LogP) is 6.45. The van der Waals surface area contributed by atoms with E-state index in [0.29, 0.717) is 11.6 Å². The molecule has 3 aromatic rings. The van der Waals surface area contributed by atoms with Crippen molar-refractivity contribution in [2.45, 2.75) is 77.7 Å². The normalized spacial score (nSPS) is 15.2. The van der Waals surface area contributed by atoms with Gasteiger partial charge in [0.25, 0.3) is 5.91 Å². The van der Waals surface area contributed by atoms with Crippen LogP contribution in [-0.2, 0) is 4.79 Å². The number of aromatic amines is 1. The van der Waals surface area contributed by atoms with Crippen molar-refractivity contribution >= 4 is 28.5 Å². The standard InChI is InChI=1S/C28H36N4O2/c1-3-4-6-9-19(2)27(33)30-23-16-17-24-25(18-23)32-26(31-24)20-12-14-21(15-13-20)28(34)29-22-10-7-5-8-11-22/h12-19,22H,3-11H2,1-2H3,(H,29,34)(H,30,33)(H,31,32). The molecule has 2 aromatic carbocycles. The molecule has 1 unspecified atom stereocenters. The van der Waals surface area contributed by atoms with Crippen LogP contribution in [0.15, 0.2) is 42.5 Å². The molecule has 0 saturated heterocycles. The van der Waals surface area contributed by atoms with E-state index in [1.54, 1.807) is 0 Å². The lowest BCUT2D eigenvalue weighted by Crippen LogP contribution is -2.36. The molecule has 180 valence electrons. The van der Waals surface area contributed by atoms with Crippen molar-refractivity contribution in [2.24, 2.45) is 5.92 Å².